The van der Waals surface area contributed by atoms with Crippen LogP contribution in [0.4, 0.5) is 0 Å². The highest BCUT2D eigenvalue weighted by atomic mass is 32.2. The molecule has 5 nitrogen and oxygen atoms in total. The molecule has 1 fully saturated rings. The fourth-order valence-corrected chi connectivity index (χ4v) is 3.66. The normalized spacial score (nSPS) is 23.9. The first-order valence-electron chi connectivity index (χ1n) is 8.30. The number of nitrogens with one attached hydrogen (secondary N) is 1. The van der Waals surface area contributed by atoms with Gasteiger partial charge in [-0.1, -0.05) is 12.1 Å². The van der Waals surface area contributed by atoms with E-state index in [9.17, 15) is 8.42 Å². The van der Waals surface area contributed by atoms with Crippen molar-refractivity contribution in [2.75, 3.05) is 0 Å². The Hall–Kier alpha value is -0.950. The minimum absolute atomic E-state index is 0.153. The standard InChI is InChI=1S/C17H28N2O3S/c1-12(2)22-16-8-6-15(7-9-16)19-13(3)14-4-10-17(11-5-14)23(18,20)21/h4-5,10-13,15-16,19H,6-9H2,1-3H3,(H2,18,20,21)/t13-,15?,16?/m1/s1. The largest absolute Gasteiger partial charge is 0.376 e. The second-order valence-corrected chi connectivity index (χ2v) is 8.22. The predicted octanol–water partition coefficient (Wildman–Crippen LogP) is 2.72. The van der Waals surface area contributed by atoms with Crippen molar-refractivity contribution < 1.29 is 13.2 Å². The lowest BCUT2D eigenvalue weighted by atomic mass is 9.92. The SMILES string of the molecule is CC(C)OC1CCC(N[C@H](C)c2ccc(S(N)(=O)=O)cc2)CC1. The summed E-state index contributed by atoms with van der Waals surface area (Å²) in [5.74, 6) is 0. The third kappa shape index (κ3) is 5.57. The summed E-state index contributed by atoms with van der Waals surface area (Å²) < 4.78 is 28.5. The maximum Gasteiger partial charge on any atom is 0.238 e. The molecule has 1 saturated carbocycles. The smallest absolute Gasteiger partial charge is 0.238 e. The Morgan fingerprint density at radius 3 is 2.13 bits per heavy atom. The summed E-state index contributed by atoms with van der Waals surface area (Å²) in [6, 6.07) is 7.44. The second-order valence-electron chi connectivity index (χ2n) is 6.66. The van der Waals surface area contributed by atoms with Gasteiger partial charge in [0.05, 0.1) is 17.1 Å². The molecule has 1 atom stereocenters. The van der Waals surface area contributed by atoms with Crippen molar-refractivity contribution in [3.05, 3.63) is 29.8 Å². The van der Waals surface area contributed by atoms with Crippen molar-refractivity contribution >= 4 is 10.0 Å². The van der Waals surface area contributed by atoms with Crippen LogP contribution in [0.3, 0.4) is 0 Å². The van der Waals surface area contributed by atoms with E-state index in [1.54, 1.807) is 12.1 Å². The number of nitrogens with two attached hydrogens (primary N) is 1. The van der Waals surface area contributed by atoms with Crippen molar-refractivity contribution in [1.29, 1.82) is 0 Å². The molecule has 23 heavy (non-hydrogen) atoms. The number of hydrogen-bond acceptors (Lipinski definition) is 4. The molecule has 0 aliphatic heterocycles. The summed E-state index contributed by atoms with van der Waals surface area (Å²) in [7, 11) is -3.62. The maximum absolute atomic E-state index is 11.3. The first kappa shape index (κ1) is 18.4. The molecule has 0 saturated heterocycles. The van der Waals surface area contributed by atoms with Crippen LogP contribution in [0.25, 0.3) is 0 Å². The molecule has 0 unspecified atom stereocenters. The minimum atomic E-state index is -3.62. The van der Waals surface area contributed by atoms with Crippen LogP contribution in [0.5, 0.6) is 0 Å². The summed E-state index contributed by atoms with van der Waals surface area (Å²) in [4.78, 5) is 0.153. The van der Waals surface area contributed by atoms with Crippen LogP contribution in [0, 0.1) is 0 Å². The lowest BCUT2D eigenvalue weighted by Crippen LogP contribution is -2.37. The molecule has 3 N–H and O–H groups in total. The number of sulfonamides is 1. The number of benzene rings is 1. The Bertz CT molecular complexity index is 591. The molecule has 0 amide bonds. The van der Waals surface area contributed by atoms with Gasteiger partial charge in [0.1, 0.15) is 0 Å². The van der Waals surface area contributed by atoms with Crippen LogP contribution >= 0.6 is 0 Å². The van der Waals surface area contributed by atoms with E-state index in [1.807, 2.05) is 12.1 Å². The van der Waals surface area contributed by atoms with Crippen LogP contribution in [-0.2, 0) is 14.8 Å². The van der Waals surface area contributed by atoms with Gasteiger partial charge in [-0.3, -0.25) is 0 Å². The van der Waals surface area contributed by atoms with Crippen LogP contribution in [0.15, 0.2) is 29.2 Å². The van der Waals surface area contributed by atoms with Crippen molar-refractivity contribution in [3.63, 3.8) is 0 Å². The highest BCUT2D eigenvalue weighted by Crippen LogP contribution is 2.25. The number of rotatable bonds is 6. The third-order valence-electron chi connectivity index (χ3n) is 4.33. The zero-order chi connectivity index (χ0) is 17.0. The van der Waals surface area contributed by atoms with Gasteiger partial charge in [-0.05, 0) is 64.2 Å². The molecular formula is C17H28N2O3S. The second kappa shape index (κ2) is 7.75. The topological polar surface area (TPSA) is 81.4 Å². The molecule has 0 bridgehead atoms. The molecule has 1 aromatic carbocycles. The summed E-state index contributed by atoms with van der Waals surface area (Å²) in [6.45, 7) is 6.26. The van der Waals surface area contributed by atoms with E-state index >= 15 is 0 Å². The Morgan fingerprint density at radius 2 is 1.65 bits per heavy atom. The van der Waals surface area contributed by atoms with E-state index in [-0.39, 0.29) is 10.9 Å². The zero-order valence-electron chi connectivity index (χ0n) is 14.2. The molecule has 2 rings (SSSR count). The summed E-state index contributed by atoms with van der Waals surface area (Å²) in [5.41, 5.74) is 1.07. The summed E-state index contributed by atoms with van der Waals surface area (Å²) >= 11 is 0. The third-order valence-corrected chi connectivity index (χ3v) is 5.26. The van der Waals surface area contributed by atoms with Crippen molar-refractivity contribution in [1.82, 2.24) is 5.32 Å². The van der Waals surface area contributed by atoms with Gasteiger partial charge in [0, 0.05) is 12.1 Å². The molecular weight excluding hydrogens is 312 g/mol. The summed E-state index contributed by atoms with van der Waals surface area (Å²) in [5, 5.41) is 8.76. The van der Waals surface area contributed by atoms with E-state index in [1.165, 1.54) is 0 Å². The zero-order valence-corrected chi connectivity index (χ0v) is 15.0. The average Bonchev–Trinajstić information content (AvgIpc) is 2.48. The van der Waals surface area contributed by atoms with E-state index in [0.717, 1.165) is 31.2 Å². The van der Waals surface area contributed by atoms with Crippen LogP contribution in [0.2, 0.25) is 0 Å². The average molecular weight is 340 g/mol. The minimum Gasteiger partial charge on any atom is -0.376 e. The van der Waals surface area contributed by atoms with E-state index in [2.05, 4.69) is 26.1 Å². The Morgan fingerprint density at radius 1 is 1.09 bits per heavy atom. The number of hydrogen-bond donors (Lipinski definition) is 2. The Labute approximate surface area is 139 Å². The molecule has 1 aromatic rings. The van der Waals surface area contributed by atoms with Crippen LogP contribution in [-0.4, -0.2) is 26.7 Å². The van der Waals surface area contributed by atoms with Gasteiger partial charge in [-0.25, -0.2) is 13.6 Å². The van der Waals surface area contributed by atoms with E-state index in [0.29, 0.717) is 18.2 Å². The molecule has 1 aliphatic rings. The lowest BCUT2D eigenvalue weighted by molar-refractivity contribution is -0.0166. The quantitative estimate of drug-likeness (QED) is 0.834. The van der Waals surface area contributed by atoms with Crippen molar-refractivity contribution in [2.24, 2.45) is 5.14 Å². The van der Waals surface area contributed by atoms with Crippen LogP contribution < -0.4 is 10.5 Å². The maximum atomic E-state index is 11.3. The van der Waals surface area contributed by atoms with Gasteiger partial charge < -0.3 is 10.1 Å². The summed E-state index contributed by atoms with van der Waals surface area (Å²) in [6.07, 6.45) is 5.08. The van der Waals surface area contributed by atoms with Crippen LogP contribution in [0.1, 0.15) is 58.1 Å². The first-order chi connectivity index (χ1) is 10.8. The molecule has 0 heterocycles. The van der Waals surface area contributed by atoms with Crippen molar-refractivity contribution in [2.45, 2.75) is 75.6 Å². The van der Waals surface area contributed by atoms with Gasteiger partial charge in [0.15, 0.2) is 0 Å². The van der Waals surface area contributed by atoms with Gasteiger partial charge in [-0.2, -0.15) is 0 Å². The highest BCUT2D eigenvalue weighted by Gasteiger charge is 2.23. The Kier molecular flexibility index (Phi) is 6.19. The molecule has 0 radical (unpaired) electrons. The monoisotopic (exact) mass is 340 g/mol. The van der Waals surface area contributed by atoms with Gasteiger partial charge in [0.2, 0.25) is 10.0 Å². The fourth-order valence-electron chi connectivity index (χ4n) is 3.15. The molecule has 0 aromatic heterocycles. The number of primary sulfonamides is 1. The first-order valence-corrected chi connectivity index (χ1v) is 9.84. The van der Waals surface area contributed by atoms with Gasteiger partial charge >= 0.3 is 0 Å². The number of ether oxygens (including phenoxy) is 1. The van der Waals surface area contributed by atoms with Gasteiger partial charge in [-0.15, -0.1) is 0 Å². The van der Waals surface area contributed by atoms with E-state index < -0.39 is 10.0 Å². The Balaban J connectivity index is 1.87. The molecule has 6 heteroatoms. The van der Waals surface area contributed by atoms with Gasteiger partial charge in [0.25, 0.3) is 0 Å². The molecule has 0 spiro atoms. The lowest BCUT2D eigenvalue weighted by Gasteiger charge is -2.32. The fraction of sp³-hybridized carbons (Fsp3) is 0.647. The highest BCUT2D eigenvalue weighted by molar-refractivity contribution is 7.89. The molecule has 130 valence electrons. The van der Waals surface area contributed by atoms with Crippen molar-refractivity contribution in [3.8, 4) is 0 Å². The van der Waals surface area contributed by atoms with E-state index in [4.69, 9.17) is 9.88 Å². The predicted molar refractivity (Wildman–Crippen MR) is 91.6 cm³/mol. The molecule has 1 aliphatic carbocycles.